The van der Waals surface area contributed by atoms with Gasteiger partial charge in [-0.1, -0.05) is 29.3 Å². The Morgan fingerprint density at radius 1 is 1.37 bits per heavy atom. The van der Waals surface area contributed by atoms with Crippen molar-refractivity contribution in [1.29, 1.82) is 0 Å². The highest BCUT2D eigenvalue weighted by Crippen LogP contribution is 2.27. The molecule has 2 aliphatic rings. The number of nitrogens with zero attached hydrogens (tertiary/aromatic N) is 2. The Morgan fingerprint density at radius 2 is 2.11 bits per heavy atom. The van der Waals surface area contributed by atoms with E-state index in [1.54, 1.807) is 18.2 Å². The maximum absolute atomic E-state index is 13.5. The third-order valence-corrected chi connectivity index (χ3v) is 4.69. The van der Waals surface area contributed by atoms with Crippen LogP contribution in [-0.4, -0.2) is 62.1 Å². The van der Waals surface area contributed by atoms with Crippen molar-refractivity contribution in [2.45, 2.75) is 17.3 Å². The maximum atomic E-state index is 13.5. The molecule has 1 aromatic rings. The number of hydroxylamine groups is 2. The van der Waals surface area contributed by atoms with Gasteiger partial charge in [0.1, 0.15) is 6.54 Å². The van der Waals surface area contributed by atoms with Crippen LogP contribution in [0.15, 0.2) is 24.3 Å². The molecule has 0 spiro atoms. The molecule has 0 bridgehead atoms. The van der Waals surface area contributed by atoms with Crippen molar-refractivity contribution >= 4 is 46.6 Å². The molecular weight excluding hydrogens is 404 g/mol. The highest BCUT2D eigenvalue weighted by atomic mass is 35.5. The number of carbonyl (C=O) groups excluding carboxylic acids is 2. The minimum absolute atomic E-state index is 0.102. The SMILES string of the molecule is O=C1OC(C[NH+]([O-])C(=O)C(Cl)Cl)CN1c1cccc(N2CCOC(F)C2)c1. The van der Waals surface area contributed by atoms with Gasteiger partial charge in [-0.05, 0) is 18.2 Å². The fourth-order valence-corrected chi connectivity index (χ4v) is 3.21. The number of benzene rings is 1. The summed E-state index contributed by atoms with van der Waals surface area (Å²) in [5, 5.41) is 11.0. The van der Waals surface area contributed by atoms with Crippen molar-refractivity contribution in [3.63, 3.8) is 0 Å². The molecule has 1 aromatic carbocycles. The molecule has 0 aromatic heterocycles. The first-order valence-corrected chi connectivity index (χ1v) is 9.16. The average Bonchev–Trinajstić information content (AvgIpc) is 3.01. The molecule has 27 heavy (non-hydrogen) atoms. The average molecular weight is 422 g/mol. The second-order valence-corrected chi connectivity index (χ2v) is 7.25. The van der Waals surface area contributed by atoms with E-state index in [1.807, 2.05) is 11.0 Å². The van der Waals surface area contributed by atoms with E-state index >= 15 is 0 Å². The van der Waals surface area contributed by atoms with E-state index in [0.29, 0.717) is 12.2 Å². The van der Waals surface area contributed by atoms with Crippen LogP contribution < -0.4 is 14.9 Å². The summed E-state index contributed by atoms with van der Waals surface area (Å²) in [6, 6.07) is 7.00. The summed E-state index contributed by atoms with van der Waals surface area (Å²) < 4.78 is 23.5. The molecule has 3 atom stereocenters. The van der Waals surface area contributed by atoms with E-state index in [1.165, 1.54) is 4.90 Å². The number of quaternary nitrogens is 1. The summed E-state index contributed by atoms with van der Waals surface area (Å²) in [6.45, 7) is 0.726. The summed E-state index contributed by atoms with van der Waals surface area (Å²) in [4.78, 5) is 25.4. The van der Waals surface area contributed by atoms with Crippen molar-refractivity contribution < 1.29 is 28.5 Å². The molecule has 2 aliphatic heterocycles. The summed E-state index contributed by atoms with van der Waals surface area (Å²) >= 11 is 10.8. The van der Waals surface area contributed by atoms with Gasteiger partial charge in [0.15, 0.2) is 6.10 Å². The van der Waals surface area contributed by atoms with Crippen LogP contribution in [-0.2, 0) is 14.3 Å². The second kappa shape index (κ2) is 8.57. The van der Waals surface area contributed by atoms with Crippen LogP contribution in [0.3, 0.4) is 0 Å². The number of rotatable bonds is 5. The first-order chi connectivity index (χ1) is 12.8. The Labute approximate surface area is 164 Å². The first kappa shape index (κ1) is 20.1. The lowest BCUT2D eigenvalue weighted by molar-refractivity contribution is -0.768. The fourth-order valence-electron chi connectivity index (χ4n) is 2.97. The molecule has 2 amide bonds. The Kier molecular flexibility index (Phi) is 6.38. The molecule has 0 saturated carbocycles. The number of amides is 2. The van der Waals surface area contributed by atoms with Crippen LogP contribution in [0, 0.1) is 5.21 Å². The third-order valence-electron chi connectivity index (χ3n) is 4.29. The number of cyclic esters (lactones) is 1. The molecular formula is C16H18Cl2FN3O5. The van der Waals surface area contributed by atoms with Crippen molar-refractivity contribution in [3.05, 3.63) is 29.5 Å². The molecule has 8 nitrogen and oxygen atoms in total. The monoisotopic (exact) mass is 421 g/mol. The first-order valence-electron chi connectivity index (χ1n) is 8.29. The van der Waals surface area contributed by atoms with E-state index in [9.17, 15) is 19.2 Å². The number of anilines is 2. The van der Waals surface area contributed by atoms with Crippen LogP contribution in [0.4, 0.5) is 20.6 Å². The third kappa shape index (κ3) is 4.80. The van der Waals surface area contributed by atoms with E-state index in [2.05, 4.69) is 0 Å². The van der Waals surface area contributed by atoms with E-state index in [0.717, 1.165) is 5.69 Å². The van der Waals surface area contributed by atoms with Gasteiger partial charge in [0, 0.05) is 17.9 Å². The second-order valence-electron chi connectivity index (χ2n) is 6.16. The number of hydrogen-bond donors (Lipinski definition) is 1. The number of morpholine rings is 1. The Hall–Kier alpha value is -1.65. The van der Waals surface area contributed by atoms with Crippen LogP contribution in [0.1, 0.15) is 0 Å². The standard InChI is InChI=1S/C16H18Cl2FN3O5/c17-14(18)15(23)22(25)8-12-7-21(16(24)27-12)11-3-1-2-10(6-11)20-4-5-26-13(19)9-20/h1-3,6,12-14,22H,4-5,7-9H2. The van der Waals surface area contributed by atoms with Crippen molar-refractivity contribution in [1.82, 2.24) is 0 Å². The lowest BCUT2D eigenvalue weighted by Gasteiger charge is -2.31. The topological polar surface area (TPSA) is 86.6 Å². The zero-order valence-electron chi connectivity index (χ0n) is 14.1. The van der Waals surface area contributed by atoms with Gasteiger partial charge in [-0.2, -0.15) is 0 Å². The Balaban J connectivity index is 1.67. The number of carbonyl (C=O) groups is 2. The lowest BCUT2D eigenvalue weighted by atomic mass is 10.2. The van der Waals surface area contributed by atoms with Gasteiger partial charge in [-0.15, -0.1) is 0 Å². The molecule has 0 aliphatic carbocycles. The summed E-state index contributed by atoms with van der Waals surface area (Å²) in [5.41, 5.74) is 1.29. The van der Waals surface area contributed by atoms with Crippen LogP contribution >= 0.6 is 23.2 Å². The van der Waals surface area contributed by atoms with E-state index < -0.39 is 34.4 Å². The zero-order valence-corrected chi connectivity index (χ0v) is 15.7. The molecule has 3 rings (SSSR count). The zero-order chi connectivity index (χ0) is 19.6. The highest BCUT2D eigenvalue weighted by Gasteiger charge is 2.36. The predicted molar refractivity (Wildman–Crippen MR) is 96.8 cm³/mol. The Morgan fingerprint density at radius 3 is 2.81 bits per heavy atom. The van der Waals surface area contributed by atoms with E-state index in [4.69, 9.17) is 32.7 Å². The van der Waals surface area contributed by atoms with Crippen molar-refractivity contribution in [3.8, 4) is 0 Å². The molecule has 11 heteroatoms. The minimum Gasteiger partial charge on any atom is -0.627 e. The normalized spacial score (nSPS) is 24.3. The van der Waals surface area contributed by atoms with E-state index in [-0.39, 0.29) is 26.2 Å². The van der Waals surface area contributed by atoms with Crippen LogP contribution in [0.5, 0.6) is 0 Å². The number of halogens is 3. The minimum atomic E-state index is -1.43. The molecule has 2 heterocycles. The number of alkyl halides is 3. The van der Waals surface area contributed by atoms with Gasteiger partial charge < -0.3 is 24.6 Å². The molecule has 0 radical (unpaired) electrons. The van der Waals surface area contributed by atoms with Gasteiger partial charge >= 0.3 is 12.0 Å². The molecule has 2 fully saturated rings. The van der Waals surface area contributed by atoms with Gasteiger partial charge in [0.2, 0.25) is 11.2 Å². The van der Waals surface area contributed by atoms with Gasteiger partial charge in [-0.3, -0.25) is 4.90 Å². The smallest absolute Gasteiger partial charge is 0.414 e. The highest BCUT2D eigenvalue weighted by molar-refractivity contribution is 6.52. The number of hydrogen-bond acceptors (Lipinski definition) is 6. The summed E-state index contributed by atoms with van der Waals surface area (Å²) in [5.74, 6) is -0.928. The largest absolute Gasteiger partial charge is 0.627 e. The predicted octanol–water partition coefficient (Wildman–Crippen LogP) is 0.857. The molecule has 1 N–H and O–H groups in total. The van der Waals surface area contributed by atoms with Gasteiger partial charge in [0.05, 0.1) is 19.7 Å². The van der Waals surface area contributed by atoms with Crippen molar-refractivity contribution in [2.24, 2.45) is 0 Å². The fraction of sp³-hybridized carbons (Fsp3) is 0.500. The van der Waals surface area contributed by atoms with Crippen LogP contribution in [0.25, 0.3) is 0 Å². The molecule has 2 saturated heterocycles. The van der Waals surface area contributed by atoms with Crippen molar-refractivity contribution in [2.75, 3.05) is 42.6 Å². The van der Waals surface area contributed by atoms with Gasteiger partial charge in [-0.25, -0.2) is 14.0 Å². The van der Waals surface area contributed by atoms with Crippen LogP contribution in [0.2, 0.25) is 0 Å². The van der Waals surface area contributed by atoms with Gasteiger partial charge in [0.25, 0.3) is 0 Å². The number of nitrogens with one attached hydrogen (secondary N) is 1. The summed E-state index contributed by atoms with van der Waals surface area (Å²) in [7, 11) is 0. The molecule has 148 valence electrons. The summed E-state index contributed by atoms with van der Waals surface area (Å²) in [6.07, 6.45) is -2.76. The Bertz CT molecular complexity index is 710. The maximum Gasteiger partial charge on any atom is 0.414 e. The lowest BCUT2D eigenvalue weighted by Crippen LogP contribution is -3.12. The quantitative estimate of drug-likeness (QED) is 0.560. The molecule has 3 unspecified atom stereocenters. The number of ether oxygens (including phenoxy) is 2.